The summed E-state index contributed by atoms with van der Waals surface area (Å²) in [4.78, 5) is 13.4. The molecule has 10 atom stereocenters. The van der Waals surface area contributed by atoms with E-state index in [1.54, 1.807) is 0 Å². The summed E-state index contributed by atoms with van der Waals surface area (Å²) in [5, 5.41) is 113. The Morgan fingerprint density at radius 3 is 1.76 bits per heavy atom. The standard InChI is InChI=1S/C28H32O18/c1-41-11-3-2-8(4-9(11)31)12-5-10(32)15-18(35)25(45-27-21(38)19(36)16(33)13(6-29)43-27)23(40)26(24(15)42-12)46-28-22(39)20(37)17(34)14(7-30)44-28/h2-5,13-14,16-17,19-22,27-31,33-40H,6-7H2,1H3/t13-,14-,16-,17-,19+,20+,21-,22-,27?,28?/m1/s1. The lowest BCUT2D eigenvalue weighted by molar-refractivity contribution is -0.279. The number of ether oxygens (including phenoxy) is 5. The van der Waals surface area contributed by atoms with Crippen molar-refractivity contribution in [3.63, 3.8) is 0 Å². The molecular weight excluding hydrogens is 624 g/mol. The Bertz CT molecular complexity index is 1620. The van der Waals surface area contributed by atoms with Gasteiger partial charge in [0.2, 0.25) is 29.8 Å². The molecule has 2 fully saturated rings. The van der Waals surface area contributed by atoms with Crippen LogP contribution in [0.1, 0.15) is 0 Å². The molecular formula is C28H32O18. The van der Waals surface area contributed by atoms with Gasteiger partial charge in [0.15, 0.2) is 28.3 Å². The van der Waals surface area contributed by atoms with Crippen LogP contribution in [0.3, 0.4) is 0 Å². The maximum atomic E-state index is 13.4. The highest BCUT2D eigenvalue weighted by atomic mass is 16.7. The third-order valence-corrected chi connectivity index (χ3v) is 7.66. The second-order valence-electron chi connectivity index (χ2n) is 10.6. The van der Waals surface area contributed by atoms with Gasteiger partial charge in [0.05, 0.1) is 20.3 Å². The van der Waals surface area contributed by atoms with E-state index in [-0.39, 0.29) is 22.8 Å². The van der Waals surface area contributed by atoms with Crippen LogP contribution in [0, 0.1) is 0 Å². The summed E-state index contributed by atoms with van der Waals surface area (Å²) in [6, 6.07) is 4.83. The molecule has 18 heteroatoms. The van der Waals surface area contributed by atoms with Crippen LogP contribution in [0.5, 0.6) is 34.5 Å². The molecule has 252 valence electrons. The first kappa shape index (κ1) is 33.4. The van der Waals surface area contributed by atoms with Gasteiger partial charge in [-0.1, -0.05) is 0 Å². The van der Waals surface area contributed by atoms with Crippen LogP contribution in [0.2, 0.25) is 0 Å². The van der Waals surface area contributed by atoms with Gasteiger partial charge in [0, 0.05) is 11.6 Å². The van der Waals surface area contributed by atoms with Gasteiger partial charge in [-0.15, -0.1) is 0 Å². The molecule has 3 heterocycles. The lowest BCUT2D eigenvalue weighted by atomic mass is 9.99. The molecule has 3 aromatic rings. The van der Waals surface area contributed by atoms with Crippen LogP contribution in [-0.2, 0) is 9.47 Å². The molecule has 5 rings (SSSR count). The number of hydrogen-bond acceptors (Lipinski definition) is 18. The van der Waals surface area contributed by atoms with E-state index < -0.39 is 114 Å². The number of methoxy groups -OCH3 is 1. The van der Waals surface area contributed by atoms with Gasteiger partial charge in [-0.2, -0.15) is 0 Å². The first-order valence-corrected chi connectivity index (χ1v) is 13.7. The van der Waals surface area contributed by atoms with E-state index in [1.807, 2.05) is 0 Å². The van der Waals surface area contributed by atoms with Crippen molar-refractivity contribution in [3.8, 4) is 45.8 Å². The summed E-state index contributed by atoms with van der Waals surface area (Å²) >= 11 is 0. The van der Waals surface area contributed by atoms with Gasteiger partial charge in [-0.3, -0.25) is 4.79 Å². The van der Waals surface area contributed by atoms with Gasteiger partial charge >= 0.3 is 0 Å². The minimum atomic E-state index is -2.02. The second kappa shape index (κ2) is 13.0. The van der Waals surface area contributed by atoms with Crippen LogP contribution in [0.25, 0.3) is 22.3 Å². The Balaban J connectivity index is 1.68. The molecule has 2 unspecified atom stereocenters. The molecule has 2 saturated heterocycles. The van der Waals surface area contributed by atoms with Crippen molar-refractivity contribution in [1.82, 2.24) is 0 Å². The molecule has 2 aromatic carbocycles. The Hall–Kier alpha value is -3.95. The van der Waals surface area contributed by atoms with Gasteiger partial charge in [-0.25, -0.2) is 0 Å². The molecule has 1 aromatic heterocycles. The Kier molecular flexibility index (Phi) is 9.47. The number of phenolic OH excluding ortho intramolecular Hbond substituents is 3. The molecule has 0 saturated carbocycles. The number of aromatic hydroxyl groups is 3. The lowest BCUT2D eigenvalue weighted by Crippen LogP contribution is -2.60. The first-order chi connectivity index (χ1) is 21.8. The summed E-state index contributed by atoms with van der Waals surface area (Å²) < 4.78 is 32.5. The summed E-state index contributed by atoms with van der Waals surface area (Å²) in [7, 11) is 1.31. The first-order valence-electron chi connectivity index (χ1n) is 13.7. The molecule has 0 bridgehead atoms. The molecule has 2 aliphatic rings. The fraction of sp³-hybridized carbons (Fsp3) is 0.464. The number of benzene rings is 2. The van der Waals surface area contributed by atoms with Gasteiger partial charge < -0.3 is 84.3 Å². The van der Waals surface area contributed by atoms with Crippen molar-refractivity contribution in [2.75, 3.05) is 20.3 Å². The molecule has 11 N–H and O–H groups in total. The third kappa shape index (κ3) is 5.75. The van der Waals surface area contributed by atoms with Crippen LogP contribution < -0.4 is 19.6 Å². The number of phenols is 3. The fourth-order valence-electron chi connectivity index (χ4n) is 5.08. The highest BCUT2D eigenvalue weighted by Gasteiger charge is 2.47. The highest BCUT2D eigenvalue weighted by molar-refractivity contribution is 5.95. The van der Waals surface area contributed by atoms with E-state index in [2.05, 4.69) is 0 Å². The summed E-state index contributed by atoms with van der Waals surface area (Å²) in [6.07, 6.45) is -18.4. The minimum Gasteiger partial charge on any atom is -0.504 e. The molecule has 0 amide bonds. The minimum absolute atomic E-state index is 0.0869. The maximum Gasteiger partial charge on any atom is 0.229 e. The van der Waals surface area contributed by atoms with Crippen molar-refractivity contribution in [1.29, 1.82) is 0 Å². The predicted octanol–water partition coefficient (Wildman–Crippen LogP) is -3.06. The lowest BCUT2D eigenvalue weighted by Gasteiger charge is -2.40. The van der Waals surface area contributed by atoms with Crippen molar-refractivity contribution < 1.29 is 84.3 Å². The Morgan fingerprint density at radius 2 is 1.26 bits per heavy atom. The molecule has 2 aliphatic heterocycles. The van der Waals surface area contributed by atoms with E-state index in [0.29, 0.717) is 0 Å². The monoisotopic (exact) mass is 656 g/mol. The molecule has 18 nitrogen and oxygen atoms in total. The second-order valence-corrected chi connectivity index (χ2v) is 10.6. The summed E-state index contributed by atoms with van der Waals surface area (Å²) in [5.41, 5.74) is -1.57. The zero-order chi connectivity index (χ0) is 33.6. The Labute approximate surface area is 257 Å². The van der Waals surface area contributed by atoms with Crippen LogP contribution >= 0.6 is 0 Å². The number of aliphatic hydroxyl groups excluding tert-OH is 8. The zero-order valence-corrected chi connectivity index (χ0v) is 23.8. The predicted molar refractivity (Wildman–Crippen MR) is 148 cm³/mol. The number of rotatable bonds is 8. The van der Waals surface area contributed by atoms with Gasteiger partial charge in [0.25, 0.3) is 0 Å². The smallest absolute Gasteiger partial charge is 0.229 e. The summed E-state index contributed by atoms with van der Waals surface area (Å²) in [6.45, 7) is -1.70. The number of fused-ring (bicyclic) bond motifs is 1. The average Bonchev–Trinajstić information content (AvgIpc) is 3.04. The average molecular weight is 657 g/mol. The van der Waals surface area contributed by atoms with E-state index in [0.717, 1.165) is 6.07 Å². The normalized spacial score (nSPS) is 31.5. The van der Waals surface area contributed by atoms with Crippen molar-refractivity contribution in [2.24, 2.45) is 0 Å². The van der Waals surface area contributed by atoms with Gasteiger partial charge in [0.1, 0.15) is 60.0 Å². The molecule has 0 spiro atoms. The molecule has 0 radical (unpaired) electrons. The van der Waals surface area contributed by atoms with E-state index in [4.69, 9.17) is 28.1 Å². The summed E-state index contributed by atoms with van der Waals surface area (Å²) in [5.74, 6) is -4.62. The van der Waals surface area contributed by atoms with E-state index >= 15 is 0 Å². The quantitative estimate of drug-likeness (QED) is 0.115. The van der Waals surface area contributed by atoms with Crippen LogP contribution in [-0.4, -0.2) is 138 Å². The van der Waals surface area contributed by atoms with Crippen LogP contribution in [0.4, 0.5) is 0 Å². The zero-order valence-electron chi connectivity index (χ0n) is 23.8. The van der Waals surface area contributed by atoms with Gasteiger partial charge in [-0.05, 0) is 18.2 Å². The topological polar surface area (TPSA) is 299 Å². The largest absolute Gasteiger partial charge is 0.504 e. The van der Waals surface area contributed by atoms with Crippen molar-refractivity contribution in [3.05, 3.63) is 34.5 Å². The van der Waals surface area contributed by atoms with E-state index in [1.165, 1.54) is 25.3 Å². The maximum absolute atomic E-state index is 13.4. The third-order valence-electron chi connectivity index (χ3n) is 7.66. The van der Waals surface area contributed by atoms with Crippen molar-refractivity contribution in [2.45, 2.75) is 61.4 Å². The highest BCUT2D eigenvalue weighted by Crippen LogP contribution is 2.51. The Morgan fingerprint density at radius 1 is 0.717 bits per heavy atom. The fourth-order valence-corrected chi connectivity index (χ4v) is 5.08. The molecule has 0 aliphatic carbocycles. The molecule has 46 heavy (non-hydrogen) atoms. The number of aliphatic hydroxyl groups is 8. The number of hydrogen-bond donors (Lipinski definition) is 11. The van der Waals surface area contributed by atoms with Crippen molar-refractivity contribution >= 4 is 11.0 Å². The van der Waals surface area contributed by atoms with E-state index in [9.17, 15) is 61.0 Å². The SMILES string of the molecule is COc1ccc(-c2cc(=O)c3c(O)c(OC4O[C@H](CO)[C@@H](O)[C@H](O)[C@H]4O)c(O)c(OC4O[C@H](CO)[C@@H](O)[C@H](O)[C@H]4O)c3o2)cc1O. The van der Waals surface area contributed by atoms with Crippen LogP contribution in [0.15, 0.2) is 33.5 Å².